The number of hydroxylamine groups is 1. The number of anilines is 2. The maximum absolute atomic E-state index is 14.6. The van der Waals surface area contributed by atoms with Gasteiger partial charge in [0.25, 0.3) is 0 Å². The molecule has 0 amide bonds. The number of imidazole rings is 1. The zero-order valence-electron chi connectivity index (χ0n) is 15.3. The van der Waals surface area contributed by atoms with Gasteiger partial charge in [-0.25, -0.2) is 14.2 Å². The van der Waals surface area contributed by atoms with Gasteiger partial charge in [0.1, 0.15) is 5.52 Å². The van der Waals surface area contributed by atoms with Gasteiger partial charge in [-0.3, -0.25) is 0 Å². The van der Waals surface area contributed by atoms with Crippen LogP contribution in [0, 0.1) is 12.7 Å². The van der Waals surface area contributed by atoms with Crippen LogP contribution in [0.2, 0.25) is 0 Å². The lowest BCUT2D eigenvalue weighted by Gasteiger charge is -2.13. The van der Waals surface area contributed by atoms with Crippen molar-refractivity contribution in [3.05, 3.63) is 52.0 Å². The summed E-state index contributed by atoms with van der Waals surface area (Å²) >= 11 is 3.35. The van der Waals surface area contributed by atoms with E-state index in [4.69, 9.17) is 0 Å². The second-order valence-corrected chi connectivity index (χ2v) is 7.31. The Labute approximate surface area is 169 Å². The molecule has 0 unspecified atom stereocenters. The van der Waals surface area contributed by atoms with E-state index in [0.717, 1.165) is 10.0 Å². The molecule has 148 valence electrons. The molecule has 0 radical (unpaired) electrons. The highest BCUT2D eigenvalue weighted by Gasteiger charge is 2.21. The molecule has 28 heavy (non-hydrogen) atoms. The fourth-order valence-electron chi connectivity index (χ4n) is 2.60. The molecule has 1 aliphatic rings. The number of carboxylic acid groups (broad SMARTS) is 1. The van der Waals surface area contributed by atoms with E-state index in [1.165, 1.54) is 25.2 Å². The van der Waals surface area contributed by atoms with Crippen LogP contribution in [0.4, 0.5) is 15.8 Å². The van der Waals surface area contributed by atoms with Crippen molar-refractivity contribution in [1.82, 2.24) is 15.4 Å². The second kappa shape index (κ2) is 8.68. The number of nitrogens with one attached hydrogen (secondary N) is 3. The van der Waals surface area contributed by atoms with Crippen LogP contribution in [0.15, 0.2) is 35.1 Å². The van der Waals surface area contributed by atoms with Crippen LogP contribution < -0.4 is 10.8 Å². The van der Waals surface area contributed by atoms with Gasteiger partial charge < -0.3 is 20.2 Å². The first kappa shape index (κ1) is 20.2. The molecule has 7 nitrogen and oxygen atoms in total. The highest BCUT2D eigenvalue weighted by atomic mass is 79.9. The standard InChI is InChI=1S/C15H11BrFN3O2.C4H9NO/c1-7-4-8(16)2-3-10(7)20-13-9(15(21)22)5-11-14(12(13)17)19-6-18-11;1-6-5-4-2-3-4/h2-6,20H,1H3,(H,18,19)(H,21,22);4-5H,2-3H2,1H3. The number of aryl methyl sites for hydroxylation is 1. The van der Waals surface area contributed by atoms with E-state index in [0.29, 0.717) is 17.2 Å². The third-order valence-electron chi connectivity index (χ3n) is 4.19. The highest BCUT2D eigenvalue weighted by Crippen LogP contribution is 2.31. The van der Waals surface area contributed by atoms with Gasteiger partial charge in [-0.2, -0.15) is 5.48 Å². The minimum absolute atomic E-state index is 0.0993. The number of carboxylic acids is 1. The van der Waals surface area contributed by atoms with Gasteiger partial charge in [0.05, 0.1) is 30.2 Å². The number of hydrogen-bond acceptors (Lipinski definition) is 5. The first-order valence-electron chi connectivity index (χ1n) is 8.61. The van der Waals surface area contributed by atoms with Gasteiger partial charge in [0.15, 0.2) is 5.82 Å². The molecule has 4 rings (SSSR count). The topological polar surface area (TPSA) is 99.3 Å². The molecule has 1 heterocycles. The van der Waals surface area contributed by atoms with Crippen LogP contribution in [-0.4, -0.2) is 34.2 Å². The first-order valence-corrected chi connectivity index (χ1v) is 9.40. The third-order valence-corrected chi connectivity index (χ3v) is 4.69. The molecular formula is C19H20BrFN4O3. The Morgan fingerprint density at radius 3 is 2.71 bits per heavy atom. The van der Waals surface area contributed by atoms with Crippen molar-refractivity contribution >= 4 is 44.3 Å². The van der Waals surface area contributed by atoms with Crippen molar-refractivity contribution in [1.29, 1.82) is 0 Å². The van der Waals surface area contributed by atoms with Crippen LogP contribution in [-0.2, 0) is 4.84 Å². The van der Waals surface area contributed by atoms with E-state index in [1.807, 2.05) is 13.0 Å². The summed E-state index contributed by atoms with van der Waals surface area (Å²) < 4.78 is 15.5. The van der Waals surface area contributed by atoms with Crippen molar-refractivity contribution < 1.29 is 19.1 Å². The van der Waals surface area contributed by atoms with Crippen LogP contribution in [0.3, 0.4) is 0 Å². The lowest BCUT2D eigenvalue weighted by molar-refractivity contribution is 0.0697. The van der Waals surface area contributed by atoms with E-state index < -0.39 is 11.8 Å². The molecule has 3 aromatic rings. The fourth-order valence-corrected chi connectivity index (χ4v) is 3.08. The molecule has 1 fully saturated rings. The van der Waals surface area contributed by atoms with Crippen LogP contribution in [0.25, 0.3) is 11.0 Å². The van der Waals surface area contributed by atoms with Gasteiger partial charge in [0.2, 0.25) is 0 Å². The Morgan fingerprint density at radius 2 is 2.14 bits per heavy atom. The molecule has 1 aromatic heterocycles. The molecule has 9 heteroatoms. The summed E-state index contributed by atoms with van der Waals surface area (Å²) in [5.74, 6) is -1.91. The number of H-pyrrole nitrogens is 1. The molecule has 0 atom stereocenters. The lowest BCUT2D eigenvalue weighted by atomic mass is 10.1. The Bertz CT molecular complexity index is 1000. The zero-order valence-corrected chi connectivity index (χ0v) is 16.9. The molecule has 0 saturated heterocycles. The summed E-state index contributed by atoms with van der Waals surface area (Å²) in [6, 6.07) is 7.44. The second-order valence-electron chi connectivity index (χ2n) is 6.40. The molecule has 1 saturated carbocycles. The van der Waals surface area contributed by atoms with Gasteiger partial charge >= 0.3 is 5.97 Å². The normalized spacial score (nSPS) is 13.1. The van der Waals surface area contributed by atoms with E-state index >= 15 is 0 Å². The number of carbonyl (C=O) groups is 1. The molecule has 0 spiro atoms. The summed E-state index contributed by atoms with van der Waals surface area (Å²) in [5.41, 5.74) is 4.48. The molecule has 4 N–H and O–H groups in total. The predicted molar refractivity (Wildman–Crippen MR) is 108 cm³/mol. The number of aromatic amines is 1. The molecule has 0 aliphatic heterocycles. The molecular weight excluding hydrogens is 431 g/mol. The van der Waals surface area contributed by atoms with Crippen molar-refractivity contribution in [2.24, 2.45) is 0 Å². The van der Waals surface area contributed by atoms with E-state index in [2.05, 4.69) is 41.5 Å². The van der Waals surface area contributed by atoms with Crippen molar-refractivity contribution in [2.75, 3.05) is 12.4 Å². The predicted octanol–water partition coefficient (Wildman–Crippen LogP) is 4.51. The largest absolute Gasteiger partial charge is 0.478 e. The number of rotatable bonds is 5. The van der Waals surface area contributed by atoms with E-state index in [-0.39, 0.29) is 16.8 Å². The average molecular weight is 451 g/mol. The summed E-state index contributed by atoms with van der Waals surface area (Å²) in [4.78, 5) is 22.6. The number of aromatic nitrogens is 2. The molecule has 1 aliphatic carbocycles. The zero-order chi connectivity index (χ0) is 20.3. The SMILES string of the molecule is CONC1CC1.Cc1cc(Br)ccc1Nc1c(C(=O)O)cc2[nH]cnc2c1F. The van der Waals surface area contributed by atoms with Gasteiger partial charge in [-0.1, -0.05) is 15.9 Å². The number of aromatic carboxylic acids is 1. The van der Waals surface area contributed by atoms with Crippen molar-refractivity contribution in [3.8, 4) is 0 Å². The maximum Gasteiger partial charge on any atom is 0.338 e. The fraction of sp³-hybridized carbons (Fsp3) is 0.263. The van der Waals surface area contributed by atoms with Crippen LogP contribution in [0.5, 0.6) is 0 Å². The van der Waals surface area contributed by atoms with Gasteiger partial charge in [-0.05, 0) is 49.6 Å². The summed E-state index contributed by atoms with van der Waals surface area (Å²) in [6.07, 6.45) is 3.90. The monoisotopic (exact) mass is 450 g/mol. The van der Waals surface area contributed by atoms with E-state index in [1.54, 1.807) is 19.2 Å². The Hall–Kier alpha value is -2.49. The Morgan fingerprint density at radius 1 is 1.39 bits per heavy atom. The van der Waals surface area contributed by atoms with E-state index in [9.17, 15) is 14.3 Å². The third kappa shape index (κ3) is 4.67. The summed E-state index contributed by atoms with van der Waals surface area (Å²) in [7, 11) is 1.65. The van der Waals surface area contributed by atoms with Gasteiger partial charge in [-0.15, -0.1) is 0 Å². The van der Waals surface area contributed by atoms with Crippen molar-refractivity contribution in [2.45, 2.75) is 25.8 Å². The number of benzene rings is 2. The Kier molecular flexibility index (Phi) is 6.28. The number of fused-ring (bicyclic) bond motifs is 1. The number of halogens is 2. The van der Waals surface area contributed by atoms with Crippen molar-refractivity contribution in [3.63, 3.8) is 0 Å². The first-order chi connectivity index (χ1) is 13.4. The maximum atomic E-state index is 14.6. The lowest BCUT2D eigenvalue weighted by Crippen LogP contribution is -2.12. The summed E-state index contributed by atoms with van der Waals surface area (Å²) in [5, 5.41) is 12.2. The number of nitrogens with zero attached hydrogens (tertiary/aromatic N) is 1. The Balaban J connectivity index is 0.000000320. The smallest absolute Gasteiger partial charge is 0.338 e. The summed E-state index contributed by atoms with van der Waals surface area (Å²) in [6.45, 7) is 1.85. The quantitative estimate of drug-likeness (QED) is 0.426. The number of hydrogen-bond donors (Lipinski definition) is 4. The minimum atomic E-state index is -1.22. The molecule has 0 bridgehead atoms. The molecule has 2 aromatic carbocycles. The highest BCUT2D eigenvalue weighted by molar-refractivity contribution is 9.10. The van der Waals surface area contributed by atoms with Crippen LogP contribution in [0.1, 0.15) is 28.8 Å². The van der Waals surface area contributed by atoms with Gasteiger partial charge in [0, 0.05) is 16.2 Å². The van der Waals surface area contributed by atoms with Crippen LogP contribution >= 0.6 is 15.9 Å². The average Bonchev–Trinajstić information content (AvgIpc) is 3.33. The minimum Gasteiger partial charge on any atom is -0.478 e.